The van der Waals surface area contributed by atoms with Crippen LogP contribution in [0.5, 0.6) is 0 Å². The number of fused-ring (bicyclic) bond motifs is 1. The van der Waals surface area contributed by atoms with Crippen molar-refractivity contribution in [1.29, 1.82) is 0 Å². The van der Waals surface area contributed by atoms with Crippen LogP contribution in [0.3, 0.4) is 0 Å². The fourth-order valence-electron chi connectivity index (χ4n) is 4.56. The van der Waals surface area contributed by atoms with Gasteiger partial charge in [-0.2, -0.15) is 0 Å². The molecule has 1 atom stereocenters. The first-order valence-corrected chi connectivity index (χ1v) is 13.3. The molecule has 8 nitrogen and oxygen atoms in total. The van der Waals surface area contributed by atoms with Crippen molar-refractivity contribution in [2.24, 2.45) is 5.73 Å². The van der Waals surface area contributed by atoms with Crippen molar-refractivity contribution in [2.45, 2.75) is 56.3 Å². The third-order valence-corrected chi connectivity index (χ3v) is 8.34. The third kappa shape index (κ3) is 5.03. The molecule has 0 unspecified atom stereocenters. The molecule has 5 rings (SSSR count). The number of thioether (sulfide) groups is 1. The van der Waals surface area contributed by atoms with Crippen LogP contribution in [0.15, 0.2) is 35.5 Å². The van der Waals surface area contributed by atoms with Crippen LogP contribution in [0, 0.1) is 0 Å². The normalized spacial score (nSPS) is 17.1. The van der Waals surface area contributed by atoms with E-state index >= 15 is 0 Å². The van der Waals surface area contributed by atoms with Gasteiger partial charge in [-0.05, 0) is 43.2 Å². The van der Waals surface area contributed by atoms with Crippen LogP contribution in [-0.2, 0) is 35.3 Å². The van der Waals surface area contributed by atoms with Crippen LogP contribution in [0.25, 0.3) is 0 Å². The molecule has 1 saturated heterocycles. The average Bonchev–Trinajstić information content (AvgIpc) is 3.60. The summed E-state index contributed by atoms with van der Waals surface area (Å²) in [5.41, 5.74) is 8.25. The summed E-state index contributed by atoms with van der Waals surface area (Å²) in [4.78, 5) is 25.9. The standard InChI is InChI=1S/C24H27N5O3S2/c25-22(31)21-17-9-4-10-18(17)34-23(21)26-20(30)14-33-24-28-27-19(12-15-6-2-1-3-7-15)29(24)13-16-8-5-11-32-16/h1-3,6-7,16H,4-5,8-14H2,(H2,25,31)(H,26,30)/t16-/m0/s1. The van der Waals surface area contributed by atoms with Gasteiger partial charge in [-0.25, -0.2) is 0 Å². The highest BCUT2D eigenvalue weighted by Crippen LogP contribution is 2.39. The summed E-state index contributed by atoms with van der Waals surface area (Å²) < 4.78 is 7.93. The van der Waals surface area contributed by atoms with E-state index in [1.165, 1.54) is 23.1 Å². The van der Waals surface area contributed by atoms with E-state index in [-0.39, 0.29) is 17.8 Å². The maximum absolute atomic E-state index is 12.8. The van der Waals surface area contributed by atoms with Crippen LogP contribution in [0.1, 0.15) is 51.4 Å². The molecule has 0 radical (unpaired) electrons. The number of carbonyl (C=O) groups excluding carboxylic acids is 2. The van der Waals surface area contributed by atoms with Gasteiger partial charge in [0.1, 0.15) is 10.8 Å². The second-order valence-corrected chi connectivity index (χ2v) is 10.6. The smallest absolute Gasteiger partial charge is 0.251 e. The zero-order chi connectivity index (χ0) is 23.5. The Bertz CT molecular complexity index is 1180. The van der Waals surface area contributed by atoms with Crippen molar-refractivity contribution in [2.75, 3.05) is 17.7 Å². The van der Waals surface area contributed by atoms with E-state index in [4.69, 9.17) is 10.5 Å². The lowest BCUT2D eigenvalue weighted by Gasteiger charge is -2.14. The molecule has 3 heterocycles. The molecular formula is C24H27N5O3S2. The number of amides is 2. The van der Waals surface area contributed by atoms with Gasteiger partial charge in [-0.15, -0.1) is 21.5 Å². The van der Waals surface area contributed by atoms with Gasteiger partial charge in [0.15, 0.2) is 5.16 Å². The van der Waals surface area contributed by atoms with Crippen molar-refractivity contribution in [3.63, 3.8) is 0 Å². The maximum atomic E-state index is 12.8. The van der Waals surface area contributed by atoms with E-state index in [0.717, 1.165) is 60.5 Å². The molecule has 0 saturated carbocycles. The topological polar surface area (TPSA) is 112 Å². The quantitative estimate of drug-likeness (QED) is 0.438. The van der Waals surface area contributed by atoms with E-state index in [1.807, 2.05) is 18.2 Å². The van der Waals surface area contributed by atoms with Gasteiger partial charge in [-0.1, -0.05) is 42.1 Å². The highest BCUT2D eigenvalue weighted by atomic mass is 32.2. The molecule has 3 N–H and O–H groups in total. The second-order valence-electron chi connectivity index (χ2n) is 8.57. The predicted octanol–water partition coefficient (Wildman–Crippen LogP) is 3.43. The minimum absolute atomic E-state index is 0.130. The predicted molar refractivity (Wildman–Crippen MR) is 132 cm³/mol. The Morgan fingerprint density at radius 1 is 1.21 bits per heavy atom. The fourth-order valence-corrected chi connectivity index (χ4v) is 6.63. The number of thiophene rings is 1. The molecule has 1 aliphatic heterocycles. The van der Waals surface area contributed by atoms with E-state index in [0.29, 0.717) is 28.7 Å². The Morgan fingerprint density at radius 3 is 2.82 bits per heavy atom. The number of primary amides is 1. The summed E-state index contributed by atoms with van der Waals surface area (Å²) in [6.45, 7) is 1.45. The molecule has 0 spiro atoms. The molecule has 178 valence electrons. The molecule has 1 fully saturated rings. The molecule has 2 amide bonds. The molecule has 0 bridgehead atoms. The summed E-state index contributed by atoms with van der Waals surface area (Å²) in [6, 6.07) is 10.2. The lowest BCUT2D eigenvalue weighted by atomic mass is 10.1. The number of aromatic nitrogens is 3. The molecule has 1 aromatic carbocycles. The van der Waals surface area contributed by atoms with Gasteiger partial charge in [0, 0.05) is 17.9 Å². The minimum Gasteiger partial charge on any atom is -0.376 e. The van der Waals surface area contributed by atoms with Crippen LogP contribution < -0.4 is 11.1 Å². The number of nitrogens with zero attached hydrogens (tertiary/aromatic N) is 3. The molecule has 34 heavy (non-hydrogen) atoms. The first-order valence-electron chi connectivity index (χ1n) is 11.5. The van der Waals surface area contributed by atoms with Crippen molar-refractivity contribution in [3.05, 3.63) is 57.7 Å². The van der Waals surface area contributed by atoms with E-state index in [2.05, 4.69) is 32.2 Å². The Morgan fingerprint density at radius 2 is 2.06 bits per heavy atom. The van der Waals surface area contributed by atoms with E-state index < -0.39 is 5.91 Å². The molecule has 3 aromatic rings. The number of nitrogens with two attached hydrogens (primary N) is 1. The van der Waals surface area contributed by atoms with Crippen molar-refractivity contribution in [3.8, 4) is 0 Å². The van der Waals surface area contributed by atoms with Gasteiger partial charge < -0.3 is 20.4 Å². The first kappa shape index (κ1) is 23.1. The first-order chi connectivity index (χ1) is 16.6. The lowest BCUT2D eigenvalue weighted by molar-refractivity contribution is -0.113. The van der Waals surface area contributed by atoms with E-state index in [1.54, 1.807) is 0 Å². The molecular weight excluding hydrogens is 470 g/mol. The highest BCUT2D eigenvalue weighted by Gasteiger charge is 2.26. The van der Waals surface area contributed by atoms with Crippen molar-refractivity contribution in [1.82, 2.24) is 14.8 Å². The average molecular weight is 498 g/mol. The van der Waals surface area contributed by atoms with Gasteiger partial charge in [-0.3, -0.25) is 9.59 Å². The summed E-state index contributed by atoms with van der Waals surface area (Å²) in [5.74, 6) is 0.346. The number of hydrogen-bond acceptors (Lipinski definition) is 7. The van der Waals surface area contributed by atoms with Gasteiger partial charge in [0.25, 0.3) is 5.91 Å². The number of benzene rings is 1. The van der Waals surface area contributed by atoms with Crippen LogP contribution in [0.2, 0.25) is 0 Å². The number of rotatable bonds is 9. The monoisotopic (exact) mass is 497 g/mol. The summed E-state index contributed by atoms with van der Waals surface area (Å²) in [5, 5.41) is 13.0. The van der Waals surface area contributed by atoms with Crippen molar-refractivity contribution >= 4 is 39.9 Å². The maximum Gasteiger partial charge on any atom is 0.251 e. The molecule has 1 aliphatic carbocycles. The van der Waals surface area contributed by atoms with Crippen LogP contribution in [0.4, 0.5) is 5.00 Å². The summed E-state index contributed by atoms with van der Waals surface area (Å²) in [7, 11) is 0. The summed E-state index contributed by atoms with van der Waals surface area (Å²) >= 11 is 2.81. The van der Waals surface area contributed by atoms with Gasteiger partial charge >= 0.3 is 0 Å². The van der Waals surface area contributed by atoms with Crippen molar-refractivity contribution < 1.29 is 14.3 Å². The number of anilines is 1. The number of aryl methyl sites for hydroxylation is 1. The Hall–Kier alpha value is -2.69. The highest BCUT2D eigenvalue weighted by molar-refractivity contribution is 7.99. The zero-order valence-electron chi connectivity index (χ0n) is 18.8. The van der Waals surface area contributed by atoms with Crippen LogP contribution >= 0.6 is 23.1 Å². The minimum atomic E-state index is -0.482. The molecule has 10 heteroatoms. The van der Waals surface area contributed by atoms with Gasteiger partial charge in [0.05, 0.1) is 24.0 Å². The Kier molecular flexibility index (Phi) is 6.98. The Balaban J connectivity index is 1.29. The number of ether oxygens (including phenoxy) is 1. The molecule has 2 aromatic heterocycles. The largest absolute Gasteiger partial charge is 0.376 e. The number of carbonyl (C=O) groups is 2. The SMILES string of the molecule is NC(=O)c1c(NC(=O)CSc2nnc(Cc3ccccc3)n2C[C@@H]2CCCO2)sc2c1CCC2. The van der Waals surface area contributed by atoms with Crippen LogP contribution in [-0.4, -0.2) is 45.0 Å². The zero-order valence-corrected chi connectivity index (χ0v) is 20.4. The Labute approximate surface area is 206 Å². The third-order valence-electron chi connectivity index (χ3n) is 6.16. The second kappa shape index (κ2) is 10.3. The van der Waals surface area contributed by atoms with E-state index in [9.17, 15) is 9.59 Å². The number of hydrogen-bond donors (Lipinski definition) is 2. The molecule has 2 aliphatic rings. The van der Waals surface area contributed by atoms with Gasteiger partial charge in [0.2, 0.25) is 5.91 Å². The fraction of sp³-hybridized carbons (Fsp3) is 0.417. The number of nitrogens with one attached hydrogen (secondary N) is 1. The lowest BCUT2D eigenvalue weighted by Crippen LogP contribution is -2.20. The summed E-state index contributed by atoms with van der Waals surface area (Å²) in [6.07, 6.45) is 5.65.